The summed E-state index contributed by atoms with van der Waals surface area (Å²) in [6, 6.07) is 10.6. The topological polar surface area (TPSA) is 61.8 Å². The summed E-state index contributed by atoms with van der Waals surface area (Å²) in [4.78, 5) is 25.7. The van der Waals surface area contributed by atoms with Crippen LogP contribution in [0.5, 0.6) is 0 Å². The molecule has 0 atom stereocenters. The maximum Gasteiger partial charge on any atom is 0.259 e. The van der Waals surface area contributed by atoms with Crippen LogP contribution in [0.4, 0.5) is 0 Å². The smallest absolute Gasteiger partial charge is 0.259 e. The third-order valence-corrected chi connectivity index (χ3v) is 5.18. The molecule has 1 aromatic carbocycles. The molecule has 2 aliphatic rings. The number of carbonyl (C=O) groups is 2. The van der Waals surface area contributed by atoms with Gasteiger partial charge in [-0.1, -0.05) is 36.8 Å². The zero-order valence-corrected chi connectivity index (χ0v) is 14.7. The SMILES string of the molecule is O=C(CN1CCCCCC1=O)NN=C1CCC(c2ccccc2)CC1. The van der Waals surface area contributed by atoms with Crippen LogP contribution in [0.3, 0.4) is 0 Å². The van der Waals surface area contributed by atoms with Crippen molar-refractivity contribution in [2.75, 3.05) is 13.1 Å². The summed E-state index contributed by atoms with van der Waals surface area (Å²) in [7, 11) is 0. The van der Waals surface area contributed by atoms with Gasteiger partial charge in [0.1, 0.15) is 6.54 Å². The van der Waals surface area contributed by atoms with Crippen LogP contribution in [0, 0.1) is 0 Å². The Hall–Kier alpha value is -2.17. The Kier molecular flexibility index (Phi) is 6.20. The molecule has 2 amide bonds. The zero-order chi connectivity index (χ0) is 17.5. The van der Waals surface area contributed by atoms with Gasteiger partial charge in [-0.3, -0.25) is 9.59 Å². The molecule has 1 aliphatic carbocycles. The summed E-state index contributed by atoms with van der Waals surface area (Å²) < 4.78 is 0. The minimum atomic E-state index is -0.187. The number of rotatable bonds is 4. The third-order valence-electron chi connectivity index (χ3n) is 5.18. The van der Waals surface area contributed by atoms with Crippen LogP contribution >= 0.6 is 0 Å². The van der Waals surface area contributed by atoms with Crippen LogP contribution in [0.15, 0.2) is 35.4 Å². The first-order valence-electron chi connectivity index (χ1n) is 9.39. The number of nitrogens with zero attached hydrogens (tertiary/aromatic N) is 2. The van der Waals surface area contributed by atoms with E-state index in [1.165, 1.54) is 5.56 Å². The van der Waals surface area contributed by atoms with Gasteiger partial charge in [-0.05, 0) is 50.0 Å². The van der Waals surface area contributed by atoms with Gasteiger partial charge in [0.25, 0.3) is 5.91 Å². The number of carbonyl (C=O) groups excluding carboxylic acids is 2. The van der Waals surface area contributed by atoms with Crippen LogP contribution < -0.4 is 5.43 Å². The van der Waals surface area contributed by atoms with Crippen molar-refractivity contribution in [3.05, 3.63) is 35.9 Å². The normalized spacial score (nSPS) is 21.6. The molecule has 0 bridgehead atoms. The fraction of sp³-hybridized carbons (Fsp3) is 0.550. The molecule has 3 rings (SSSR count). The Morgan fingerprint density at radius 3 is 2.60 bits per heavy atom. The molecule has 1 aliphatic heterocycles. The van der Waals surface area contributed by atoms with E-state index in [4.69, 9.17) is 0 Å². The number of hydrazone groups is 1. The molecule has 2 fully saturated rings. The molecule has 1 aromatic rings. The predicted molar refractivity (Wildman–Crippen MR) is 98.3 cm³/mol. The van der Waals surface area contributed by atoms with E-state index in [2.05, 4.69) is 34.8 Å². The van der Waals surface area contributed by atoms with Gasteiger partial charge in [-0.15, -0.1) is 0 Å². The molecular formula is C20H27N3O2. The fourth-order valence-corrected chi connectivity index (χ4v) is 3.68. The average Bonchev–Trinajstić information content (AvgIpc) is 2.86. The lowest BCUT2D eigenvalue weighted by Crippen LogP contribution is -2.39. The van der Waals surface area contributed by atoms with Gasteiger partial charge in [-0.2, -0.15) is 5.10 Å². The quantitative estimate of drug-likeness (QED) is 0.855. The molecule has 0 aromatic heterocycles. The largest absolute Gasteiger partial charge is 0.333 e. The van der Waals surface area contributed by atoms with Gasteiger partial charge < -0.3 is 4.90 Å². The second-order valence-electron chi connectivity index (χ2n) is 7.02. The number of likely N-dealkylation sites (tertiary alicyclic amines) is 1. The van der Waals surface area contributed by atoms with Gasteiger partial charge >= 0.3 is 0 Å². The minimum absolute atomic E-state index is 0.0867. The molecule has 1 saturated carbocycles. The average molecular weight is 341 g/mol. The van der Waals surface area contributed by atoms with Gasteiger partial charge in [0, 0.05) is 18.7 Å². The number of hydrogen-bond acceptors (Lipinski definition) is 3. The molecule has 134 valence electrons. The van der Waals surface area contributed by atoms with Crippen molar-refractivity contribution in [3.63, 3.8) is 0 Å². The molecule has 25 heavy (non-hydrogen) atoms. The van der Waals surface area contributed by atoms with E-state index >= 15 is 0 Å². The lowest BCUT2D eigenvalue weighted by Gasteiger charge is -2.23. The highest BCUT2D eigenvalue weighted by Crippen LogP contribution is 2.31. The number of hydrogen-bond donors (Lipinski definition) is 1. The first-order valence-corrected chi connectivity index (χ1v) is 9.39. The van der Waals surface area contributed by atoms with Crippen molar-refractivity contribution in [2.45, 2.75) is 57.3 Å². The molecule has 0 radical (unpaired) electrons. The predicted octanol–water partition coefficient (Wildman–Crippen LogP) is 3.22. The van der Waals surface area contributed by atoms with Crippen LogP contribution in [0.2, 0.25) is 0 Å². The molecule has 5 nitrogen and oxygen atoms in total. The van der Waals surface area contributed by atoms with Gasteiger partial charge in [0.15, 0.2) is 0 Å². The van der Waals surface area contributed by atoms with E-state index in [1.807, 2.05) is 6.07 Å². The maximum atomic E-state index is 12.1. The maximum absolute atomic E-state index is 12.1. The number of benzene rings is 1. The van der Waals surface area contributed by atoms with Gasteiger partial charge in [0.05, 0.1) is 0 Å². The highest BCUT2D eigenvalue weighted by atomic mass is 16.2. The summed E-state index contributed by atoms with van der Waals surface area (Å²) in [6.07, 6.45) is 7.52. The zero-order valence-electron chi connectivity index (χ0n) is 14.7. The molecule has 5 heteroatoms. The van der Waals surface area contributed by atoms with Crippen molar-refractivity contribution >= 4 is 17.5 Å². The Balaban J connectivity index is 1.45. The van der Waals surface area contributed by atoms with Crippen molar-refractivity contribution in [1.82, 2.24) is 10.3 Å². The van der Waals surface area contributed by atoms with E-state index in [0.717, 1.165) is 50.7 Å². The van der Waals surface area contributed by atoms with Crippen molar-refractivity contribution in [2.24, 2.45) is 5.10 Å². The van der Waals surface area contributed by atoms with E-state index in [9.17, 15) is 9.59 Å². The Morgan fingerprint density at radius 2 is 1.84 bits per heavy atom. The summed E-state index contributed by atoms with van der Waals surface area (Å²) in [5.74, 6) is 0.488. The standard InChI is InChI=1S/C20H27N3O2/c24-19(15-23-14-6-2-5-9-20(23)25)22-21-18-12-10-17(11-13-18)16-7-3-1-4-8-16/h1,3-4,7-8,17H,2,5-6,9-15H2,(H,22,24). The molecule has 1 saturated heterocycles. The first-order chi connectivity index (χ1) is 12.2. The molecule has 1 heterocycles. The summed E-state index contributed by atoms with van der Waals surface area (Å²) in [5, 5.41) is 4.30. The van der Waals surface area contributed by atoms with Gasteiger partial charge in [0.2, 0.25) is 5.91 Å². The minimum Gasteiger partial charge on any atom is -0.333 e. The van der Waals surface area contributed by atoms with Gasteiger partial charge in [-0.25, -0.2) is 5.43 Å². The summed E-state index contributed by atoms with van der Waals surface area (Å²) >= 11 is 0. The summed E-state index contributed by atoms with van der Waals surface area (Å²) in [6.45, 7) is 0.809. The second-order valence-corrected chi connectivity index (χ2v) is 7.02. The van der Waals surface area contributed by atoms with Crippen LogP contribution in [0.1, 0.15) is 62.8 Å². The molecular weight excluding hydrogens is 314 g/mol. The number of amides is 2. The van der Waals surface area contributed by atoms with Crippen molar-refractivity contribution in [3.8, 4) is 0 Å². The van der Waals surface area contributed by atoms with Crippen molar-refractivity contribution in [1.29, 1.82) is 0 Å². The third kappa shape index (κ3) is 5.15. The summed E-state index contributed by atoms with van der Waals surface area (Å²) in [5.41, 5.74) is 5.10. The Labute approximate surface area is 149 Å². The first kappa shape index (κ1) is 17.6. The lowest BCUT2D eigenvalue weighted by atomic mass is 9.83. The van der Waals surface area contributed by atoms with E-state index in [1.54, 1.807) is 4.90 Å². The number of nitrogens with one attached hydrogen (secondary N) is 1. The van der Waals surface area contributed by atoms with E-state index < -0.39 is 0 Å². The Bertz CT molecular complexity index is 617. The van der Waals surface area contributed by atoms with Crippen LogP contribution in [0.25, 0.3) is 0 Å². The highest BCUT2D eigenvalue weighted by molar-refractivity contribution is 5.88. The monoisotopic (exact) mass is 341 g/mol. The van der Waals surface area contributed by atoms with E-state index in [0.29, 0.717) is 18.9 Å². The molecule has 0 unspecified atom stereocenters. The van der Waals surface area contributed by atoms with Crippen LogP contribution in [-0.2, 0) is 9.59 Å². The second kappa shape index (κ2) is 8.79. The highest BCUT2D eigenvalue weighted by Gasteiger charge is 2.21. The Morgan fingerprint density at radius 1 is 1.08 bits per heavy atom. The fourth-order valence-electron chi connectivity index (χ4n) is 3.68. The van der Waals surface area contributed by atoms with Crippen LogP contribution in [-0.4, -0.2) is 35.5 Å². The van der Waals surface area contributed by atoms with Crippen molar-refractivity contribution < 1.29 is 9.59 Å². The molecule has 1 N–H and O–H groups in total. The van der Waals surface area contributed by atoms with E-state index in [-0.39, 0.29) is 18.4 Å². The lowest BCUT2D eigenvalue weighted by molar-refractivity contribution is -0.135. The molecule has 0 spiro atoms.